The average Bonchev–Trinajstić information content (AvgIpc) is 2.59. The normalized spacial score (nSPS) is 13.2. The van der Waals surface area contributed by atoms with Gasteiger partial charge in [-0.2, -0.15) is 0 Å². The Morgan fingerprint density at radius 3 is 2.48 bits per heavy atom. The molecule has 122 valence electrons. The van der Waals surface area contributed by atoms with Crippen LogP contribution in [0, 0.1) is 0 Å². The molecule has 2 atom stereocenters. The van der Waals surface area contributed by atoms with Gasteiger partial charge in [-0.15, -0.1) is 0 Å². The number of aliphatic hydroxyl groups excluding tert-OH is 2. The van der Waals surface area contributed by atoms with E-state index in [2.05, 4.69) is 5.32 Å². The molecule has 0 spiro atoms. The van der Waals surface area contributed by atoms with Crippen LogP contribution in [-0.4, -0.2) is 35.9 Å². The minimum atomic E-state index is -1.06. The molecule has 0 aliphatic heterocycles. The van der Waals surface area contributed by atoms with Crippen molar-refractivity contribution >= 4 is 11.6 Å². The van der Waals surface area contributed by atoms with E-state index in [4.69, 9.17) is 10.5 Å². The van der Waals surface area contributed by atoms with Crippen molar-refractivity contribution in [2.45, 2.75) is 12.1 Å². The summed E-state index contributed by atoms with van der Waals surface area (Å²) in [5, 5.41) is 22.5. The zero-order chi connectivity index (χ0) is 16.8. The van der Waals surface area contributed by atoms with Crippen molar-refractivity contribution in [1.82, 2.24) is 5.32 Å². The van der Waals surface area contributed by atoms with Crippen LogP contribution in [-0.2, 0) is 0 Å². The summed E-state index contributed by atoms with van der Waals surface area (Å²) in [7, 11) is 1.47. The van der Waals surface area contributed by atoms with Crippen LogP contribution in [0.15, 0.2) is 48.5 Å². The molecule has 2 rings (SSSR count). The second-order valence-electron chi connectivity index (χ2n) is 5.07. The maximum absolute atomic E-state index is 12.4. The number of anilines is 1. The monoisotopic (exact) mass is 316 g/mol. The molecule has 6 nitrogen and oxygen atoms in total. The third kappa shape index (κ3) is 4.00. The van der Waals surface area contributed by atoms with E-state index < -0.39 is 24.7 Å². The molecule has 2 unspecified atom stereocenters. The van der Waals surface area contributed by atoms with Gasteiger partial charge in [0.2, 0.25) is 0 Å². The minimum Gasteiger partial charge on any atom is -0.496 e. The summed E-state index contributed by atoms with van der Waals surface area (Å²) in [6.07, 6.45) is -1.06. The molecule has 0 radical (unpaired) electrons. The summed E-state index contributed by atoms with van der Waals surface area (Å²) in [5.41, 5.74) is 7.06. The predicted molar refractivity (Wildman–Crippen MR) is 87.1 cm³/mol. The molecule has 0 aromatic heterocycles. The largest absolute Gasteiger partial charge is 0.496 e. The number of nitrogens with two attached hydrogens (primary N) is 1. The summed E-state index contributed by atoms with van der Waals surface area (Å²) in [6, 6.07) is 12.5. The lowest BCUT2D eigenvalue weighted by atomic mass is 10.0. The fourth-order valence-corrected chi connectivity index (χ4v) is 2.23. The molecule has 0 fully saturated rings. The predicted octanol–water partition coefficient (Wildman–Crippen LogP) is 1.10. The van der Waals surface area contributed by atoms with E-state index in [0.717, 1.165) is 0 Å². The third-order valence-electron chi connectivity index (χ3n) is 3.52. The molecule has 23 heavy (non-hydrogen) atoms. The first-order chi connectivity index (χ1) is 11.1. The molecule has 0 bridgehead atoms. The van der Waals surface area contributed by atoms with Gasteiger partial charge in [0.25, 0.3) is 5.91 Å². The van der Waals surface area contributed by atoms with Crippen molar-refractivity contribution in [2.24, 2.45) is 0 Å². The quantitative estimate of drug-likeness (QED) is 0.597. The lowest BCUT2D eigenvalue weighted by molar-refractivity contribution is 0.0701. The Balaban J connectivity index is 2.15. The van der Waals surface area contributed by atoms with Gasteiger partial charge in [-0.1, -0.05) is 24.3 Å². The summed E-state index contributed by atoms with van der Waals surface area (Å²) in [6.45, 7) is -0.410. The Bertz CT molecular complexity index is 658. The van der Waals surface area contributed by atoms with Crippen molar-refractivity contribution in [2.75, 3.05) is 19.5 Å². The minimum absolute atomic E-state index is 0.331. The first kappa shape index (κ1) is 16.8. The number of nitrogens with one attached hydrogen (secondary N) is 1. The molecular formula is C17H20N2O4. The highest BCUT2D eigenvalue weighted by Crippen LogP contribution is 2.21. The Hall–Kier alpha value is -2.57. The highest BCUT2D eigenvalue weighted by molar-refractivity contribution is 5.97. The van der Waals surface area contributed by atoms with Gasteiger partial charge in [0.05, 0.1) is 25.3 Å². The number of aliphatic hydroxyl groups is 2. The Morgan fingerprint density at radius 1 is 1.22 bits per heavy atom. The highest BCUT2D eigenvalue weighted by atomic mass is 16.5. The molecule has 1 amide bonds. The van der Waals surface area contributed by atoms with Gasteiger partial charge in [0.15, 0.2) is 0 Å². The molecule has 0 saturated heterocycles. The summed E-state index contributed by atoms with van der Waals surface area (Å²) in [4.78, 5) is 12.4. The van der Waals surface area contributed by atoms with E-state index in [9.17, 15) is 15.0 Å². The van der Waals surface area contributed by atoms with Crippen LogP contribution >= 0.6 is 0 Å². The van der Waals surface area contributed by atoms with Gasteiger partial charge < -0.3 is 26.0 Å². The Morgan fingerprint density at radius 2 is 1.87 bits per heavy atom. The molecule has 0 saturated carbocycles. The van der Waals surface area contributed by atoms with Crippen LogP contribution in [0.1, 0.15) is 22.0 Å². The van der Waals surface area contributed by atoms with Crippen LogP contribution in [0.5, 0.6) is 5.75 Å². The second-order valence-corrected chi connectivity index (χ2v) is 5.07. The zero-order valence-corrected chi connectivity index (χ0v) is 12.8. The van der Waals surface area contributed by atoms with Crippen LogP contribution in [0.2, 0.25) is 0 Å². The number of methoxy groups -OCH3 is 1. The lowest BCUT2D eigenvalue weighted by Crippen LogP contribution is -2.42. The molecule has 5 N–H and O–H groups in total. The van der Waals surface area contributed by atoms with Gasteiger partial charge in [-0.25, -0.2) is 0 Å². The smallest absolute Gasteiger partial charge is 0.255 e. The number of carbonyl (C=O) groups excluding carboxylic acids is 1. The molecule has 0 aliphatic carbocycles. The fraction of sp³-hybridized carbons (Fsp3) is 0.235. The van der Waals surface area contributed by atoms with Crippen molar-refractivity contribution in [3.05, 3.63) is 59.7 Å². The van der Waals surface area contributed by atoms with Crippen LogP contribution < -0.4 is 15.8 Å². The maximum atomic E-state index is 12.4. The first-order valence-electron chi connectivity index (χ1n) is 7.15. The number of amides is 1. The molecule has 2 aromatic carbocycles. The van der Waals surface area contributed by atoms with Crippen LogP contribution in [0.25, 0.3) is 0 Å². The zero-order valence-electron chi connectivity index (χ0n) is 12.8. The summed E-state index contributed by atoms with van der Waals surface area (Å²) in [5.74, 6) is -0.0142. The number of para-hydroxylation sites is 1. The van der Waals surface area contributed by atoms with Crippen LogP contribution in [0.3, 0.4) is 0 Å². The van der Waals surface area contributed by atoms with E-state index in [1.807, 2.05) is 0 Å². The fourth-order valence-electron chi connectivity index (χ4n) is 2.23. The summed E-state index contributed by atoms with van der Waals surface area (Å²) >= 11 is 0. The topological polar surface area (TPSA) is 105 Å². The van der Waals surface area contributed by atoms with E-state index in [1.165, 1.54) is 7.11 Å². The van der Waals surface area contributed by atoms with Gasteiger partial charge in [0.1, 0.15) is 11.9 Å². The Labute approximate surface area is 134 Å². The number of carbonyl (C=O) groups is 1. The molecule has 0 aliphatic rings. The van der Waals surface area contributed by atoms with Gasteiger partial charge >= 0.3 is 0 Å². The number of ether oxygens (including phenoxy) is 1. The lowest BCUT2D eigenvalue weighted by Gasteiger charge is -2.23. The van der Waals surface area contributed by atoms with Crippen molar-refractivity contribution in [1.29, 1.82) is 0 Å². The molecule has 2 aromatic rings. The maximum Gasteiger partial charge on any atom is 0.255 e. The van der Waals surface area contributed by atoms with E-state index >= 15 is 0 Å². The number of hydrogen-bond donors (Lipinski definition) is 4. The van der Waals surface area contributed by atoms with Gasteiger partial charge in [0, 0.05) is 5.69 Å². The summed E-state index contributed by atoms with van der Waals surface area (Å²) < 4.78 is 5.14. The van der Waals surface area contributed by atoms with Crippen molar-refractivity contribution in [3.63, 3.8) is 0 Å². The molecular weight excluding hydrogens is 296 g/mol. The third-order valence-corrected chi connectivity index (χ3v) is 3.52. The number of hydrogen-bond acceptors (Lipinski definition) is 5. The average molecular weight is 316 g/mol. The molecule has 6 heteroatoms. The van der Waals surface area contributed by atoms with Crippen LogP contribution in [0.4, 0.5) is 5.69 Å². The first-order valence-corrected chi connectivity index (χ1v) is 7.15. The van der Waals surface area contributed by atoms with Gasteiger partial charge in [-0.3, -0.25) is 4.79 Å². The SMILES string of the molecule is COc1ccccc1C(=O)NC(CO)C(O)c1ccc(N)cc1. The number of rotatable bonds is 6. The standard InChI is InChI=1S/C17H20N2O4/c1-23-15-5-3-2-4-13(15)17(22)19-14(10-20)16(21)11-6-8-12(18)9-7-11/h2-9,14,16,20-21H,10,18H2,1H3,(H,19,22). The van der Waals surface area contributed by atoms with Crippen molar-refractivity contribution < 1.29 is 19.7 Å². The Kier molecular flexibility index (Phi) is 5.56. The number of nitrogen functional groups attached to an aromatic ring is 1. The number of benzene rings is 2. The van der Waals surface area contributed by atoms with Crippen molar-refractivity contribution in [3.8, 4) is 5.75 Å². The highest BCUT2D eigenvalue weighted by Gasteiger charge is 2.23. The second kappa shape index (κ2) is 7.62. The van der Waals surface area contributed by atoms with E-state index in [0.29, 0.717) is 22.6 Å². The molecule has 0 heterocycles. The van der Waals surface area contributed by atoms with Gasteiger partial charge in [-0.05, 0) is 29.8 Å². The van der Waals surface area contributed by atoms with E-state index in [1.54, 1.807) is 48.5 Å². The van der Waals surface area contributed by atoms with E-state index in [-0.39, 0.29) is 0 Å².